The molecule has 1 aliphatic heterocycles. The van der Waals surface area contributed by atoms with Gasteiger partial charge in [-0.2, -0.15) is 23.3 Å². The molecule has 11 heteroatoms. The lowest BCUT2D eigenvalue weighted by Gasteiger charge is -2.16. The fourth-order valence-corrected chi connectivity index (χ4v) is 3.39. The molecular weight excluding hydrogens is 401 g/mol. The number of nitrogens with zero attached hydrogens (tertiary/aromatic N) is 4. The van der Waals surface area contributed by atoms with Crippen molar-refractivity contribution in [1.29, 1.82) is 0 Å². The van der Waals surface area contributed by atoms with Crippen LogP contribution >= 0.6 is 0 Å². The van der Waals surface area contributed by atoms with Crippen LogP contribution in [0, 0.1) is 5.92 Å². The van der Waals surface area contributed by atoms with E-state index in [1.807, 2.05) is 13.8 Å². The molecule has 4 rings (SSSR count). The Labute approximate surface area is 172 Å². The maximum Gasteiger partial charge on any atom is 0.421 e. The number of halogens is 3. The molecule has 3 heterocycles. The molecule has 1 atom stereocenters. The largest absolute Gasteiger partial charge is 0.487 e. The number of hydrogen-bond acceptors (Lipinski definition) is 7. The van der Waals surface area contributed by atoms with Crippen LogP contribution in [0.3, 0.4) is 0 Å². The van der Waals surface area contributed by atoms with Gasteiger partial charge in [0.25, 0.3) is 0 Å². The van der Waals surface area contributed by atoms with E-state index in [4.69, 9.17) is 20.3 Å². The second-order valence-electron chi connectivity index (χ2n) is 8.03. The van der Waals surface area contributed by atoms with Crippen LogP contribution in [-0.2, 0) is 10.9 Å². The molecule has 2 aromatic rings. The molecule has 1 unspecified atom stereocenters. The van der Waals surface area contributed by atoms with Gasteiger partial charge in [0.05, 0.1) is 13.2 Å². The summed E-state index contributed by atoms with van der Waals surface area (Å²) in [6.45, 7) is 5.78. The number of rotatable bonds is 7. The van der Waals surface area contributed by atoms with Crippen LogP contribution in [0.5, 0.6) is 5.75 Å². The average Bonchev–Trinajstić information content (AvgIpc) is 3.24. The van der Waals surface area contributed by atoms with Crippen LogP contribution in [-0.4, -0.2) is 39.6 Å². The van der Waals surface area contributed by atoms with E-state index >= 15 is 0 Å². The maximum atomic E-state index is 13.0. The van der Waals surface area contributed by atoms with E-state index < -0.39 is 17.6 Å². The van der Waals surface area contributed by atoms with Crippen LogP contribution < -0.4 is 15.8 Å². The van der Waals surface area contributed by atoms with Crippen molar-refractivity contribution < 1.29 is 22.6 Å². The number of anilines is 3. The Morgan fingerprint density at radius 1 is 1.33 bits per heavy atom. The van der Waals surface area contributed by atoms with Crippen molar-refractivity contribution in [2.75, 3.05) is 30.9 Å². The summed E-state index contributed by atoms with van der Waals surface area (Å²) in [6.07, 6.45) is -0.946. The van der Waals surface area contributed by atoms with Gasteiger partial charge in [-0.15, -0.1) is 0 Å². The number of nitrogens with two attached hydrogens (primary N) is 1. The number of aromatic nitrogens is 4. The molecule has 1 saturated carbocycles. The van der Waals surface area contributed by atoms with E-state index in [0.717, 1.165) is 31.6 Å². The van der Waals surface area contributed by atoms with Gasteiger partial charge in [-0.25, -0.2) is 9.67 Å². The van der Waals surface area contributed by atoms with Crippen LogP contribution in [0.4, 0.5) is 30.8 Å². The SMILES string of the molecule is CC(C)n1nc(C2CC2)c(OCC2CCOC2)c1Nc1ncc(C(F)(F)F)c(N)n1. The number of alkyl halides is 3. The third-order valence-corrected chi connectivity index (χ3v) is 5.19. The molecule has 0 aromatic carbocycles. The zero-order valence-corrected chi connectivity index (χ0v) is 16.9. The van der Waals surface area contributed by atoms with Crippen LogP contribution in [0.2, 0.25) is 0 Å². The summed E-state index contributed by atoms with van der Waals surface area (Å²) in [5, 5.41) is 7.72. The van der Waals surface area contributed by atoms with Crippen molar-refractivity contribution in [1.82, 2.24) is 19.7 Å². The highest BCUT2D eigenvalue weighted by Crippen LogP contribution is 2.47. The van der Waals surface area contributed by atoms with Gasteiger partial charge in [-0.05, 0) is 33.1 Å². The minimum Gasteiger partial charge on any atom is -0.487 e. The van der Waals surface area contributed by atoms with E-state index in [1.165, 1.54) is 0 Å². The highest BCUT2D eigenvalue weighted by atomic mass is 19.4. The average molecular weight is 426 g/mol. The van der Waals surface area contributed by atoms with E-state index in [9.17, 15) is 13.2 Å². The molecule has 2 aliphatic rings. The van der Waals surface area contributed by atoms with Gasteiger partial charge < -0.3 is 20.5 Å². The minimum absolute atomic E-state index is 0.0102. The number of ether oxygens (including phenoxy) is 2. The first-order valence-corrected chi connectivity index (χ1v) is 10.0. The van der Waals surface area contributed by atoms with Crippen molar-refractivity contribution >= 4 is 17.6 Å². The van der Waals surface area contributed by atoms with Gasteiger partial charge in [0.1, 0.15) is 17.1 Å². The first kappa shape index (κ1) is 20.7. The minimum atomic E-state index is -4.61. The molecule has 164 valence electrons. The van der Waals surface area contributed by atoms with Crippen molar-refractivity contribution in [2.45, 2.75) is 51.2 Å². The van der Waals surface area contributed by atoms with Crippen molar-refractivity contribution in [3.05, 3.63) is 17.5 Å². The fraction of sp³-hybridized carbons (Fsp3) is 0.632. The zero-order chi connectivity index (χ0) is 21.5. The summed E-state index contributed by atoms with van der Waals surface area (Å²) in [5.41, 5.74) is 5.31. The van der Waals surface area contributed by atoms with Gasteiger partial charge in [0.2, 0.25) is 5.95 Å². The summed E-state index contributed by atoms with van der Waals surface area (Å²) in [6, 6.07) is -0.0102. The topological polar surface area (TPSA) is 100 Å². The van der Waals surface area contributed by atoms with Gasteiger partial charge >= 0.3 is 6.18 Å². The molecule has 0 amide bonds. The van der Waals surface area contributed by atoms with Crippen LogP contribution in [0.25, 0.3) is 0 Å². The lowest BCUT2D eigenvalue weighted by molar-refractivity contribution is -0.137. The molecule has 2 aromatic heterocycles. The Morgan fingerprint density at radius 3 is 2.67 bits per heavy atom. The molecule has 3 N–H and O–H groups in total. The molecule has 0 bridgehead atoms. The highest BCUT2D eigenvalue weighted by molar-refractivity contribution is 5.62. The zero-order valence-electron chi connectivity index (χ0n) is 16.9. The smallest absolute Gasteiger partial charge is 0.421 e. The molecular formula is C19H25F3N6O2. The number of nitrogens with one attached hydrogen (secondary N) is 1. The number of hydrogen-bond donors (Lipinski definition) is 2. The van der Waals surface area contributed by atoms with E-state index in [2.05, 4.69) is 15.3 Å². The second-order valence-corrected chi connectivity index (χ2v) is 8.03. The quantitative estimate of drug-likeness (QED) is 0.693. The molecule has 30 heavy (non-hydrogen) atoms. The normalized spacial score (nSPS) is 19.5. The first-order valence-electron chi connectivity index (χ1n) is 10.0. The summed E-state index contributed by atoms with van der Waals surface area (Å²) in [4.78, 5) is 7.61. The van der Waals surface area contributed by atoms with Gasteiger partial charge in [-0.1, -0.05) is 0 Å². The lowest BCUT2D eigenvalue weighted by Crippen LogP contribution is -2.15. The lowest BCUT2D eigenvalue weighted by atomic mass is 10.1. The standard InChI is InChI=1S/C19H25F3N6O2/c1-10(2)28-17(26-18-24-7-13(16(23)25-18)19(20,21)22)15(14(27-28)12-3-4-12)30-9-11-5-6-29-8-11/h7,10-12H,3-6,8-9H2,1-2H3,(H3,23,24,25,26). The van der Waals surface area contributed by atoms with E-state index in [1.54, 1.807) is 4.68 Å². The Bertz CT molecular complexity index is 904. The molecule has 1 saturated heterocycles. The summed E-state index contributed by atoms with van der Waals surface area (Å²) < 4.78 is 52.2. The van der Waals surface area contributed by atoms with Gasteiger partial charge in [0, 0.05) is 30.7 Å². The molecule has 0 radical (unpaired) electrons. The predicted octanol–water partition coefficient (Wildman–Crippen LogP) is 3.89. The summed E-state index contributed by atoms with van der Waals surface area (Å²) >= 11 is 0. The predicted molar refractivity (Wildman–Crippen MR) is 104 cm³/mol. The molecule has 2 fully saturated rings. The van der Waals surface area contributed by atoms with Crippen LogP contribution in [0.15, 0.2) is 6.20 Å². The van der Waals surface area contributed by atoms with Crippen molar-refractivity contribution in [2.24, 2.45) is 5.92 Å². The Hall–Kier alpha value is -2.56. The Balaban J connectivity index is 1.65. The Kier molecular flexibility index (Phi) is 5.48. The highest BCUT2D eigenvalue weighted by Gasteiger charge is 2.36. The summed E-state index contributed by atoms with van der Waals surface area (Å²) in [5.74, 6) is 1.05. The van der Waals surface area contributed by atoms with Gasteiger partial charge in [-0.3, -0.25) is 0 Å². The Morgan fingerprint density at radius 2 is 2.10 bits per heavy atom. The van der Waals surface area contributed by atoms with E-state index in [-0.39, 0.29) is 12.0 Å². The fourth-order valence-electron chi connectivity index (χ4n) is 3.39. The third-order valence-electron chi connectivity index (χ3n) is 5.19. The number of nitrogen functional groups attached to an aromatic ring is 1. The van der Waals surface area contributed by atoms with Gasteiger partial charge in [0.15, 0.2) is 11.6 Å². The molecule has 8 nitrogen and oxygen atoms in total. The maximum absolute atomic E-state index is 13.0. The summed E-state index contributed by atoms with van der Waals surface area (Å²) in [7, 11) is 0. The molecule has 1 aliphatic carbocycles. The van der Waals surface area contributed by atoms with Crippen molar-refractivity contribution in [3.8, 4) is 5.75 Å². The molecule has 0 spiro atoms. The van der Waals surface area contributed by atoms with Crippen molar-refractivity contribution in [3.63, 3.8) is 0 Å². The first-order chi connectivity index (χ1) is 14.2. The third kappa shape index (κ3) is 4.30. The van der Waals surface area contributed by atoms with Crippen LogP contribution in [0.1, 0.15) is 56.3 Å². The van der Waals surface area contributed by atoms with E-state index in [0.29, 0.717) is 42.8 Å². The monoisotopic (exact) mass is 426 g/mol. The second kappa shape index (κ2) is 7.93.